The molecule has 2 heterocycles. The van der Waals surface area contributed by atoms with E-state index in [0.717, 1.165) is 38.0 Å². The lowest BCUT2D eigenvalue weighted by molar-refractivity contribution is -0.144. The lowest BCUT2D eigenvalue weighted by Gasteiger charge is -2.42. The molecule has 5 aliphatic rings. The van der Waals surface area contributed by atoms with E-state index in [1.54, 1.807) is 12.1 Å². The number of amides is 2. The molecule has 1 N–H and O–H groups in total. The lowest BCUT2D eigenvalue weighted by Crippen LogP contribution is -2.47. The van der Waals surface area contributed by atoms with Gasteiger partial charge in [0.15, 0.2) is 23.1 Å². The van der Waals surface area contributed by atoms with Gasteiger partial charge in [0, 0.05) is 48.8 Å². The van der Waals surface area contributed by atoms with Gasteiger partial charge in [-0.1, -0.05) is 42.0 Å². The average molecular weight is 736 g/mol. The lowest BCUT2D eigenvalue weighted by atomic mass is 9.59. The number of likely N-dealkylation sites (tertiary alicyclic amines) is 2. The molecule has 10 heteroatoms. The van der Waals surface area contributed by atoms with Crippen LogP contribution < -0.4 is 4.74 Å². The number of hydrogen-bond acceptors (Lipinski definition) is 7. The summed E-state index contributed by atoms with van der Waals surface area (Å²) in [6.45, 7) is 2.43. The number of carbonyl (C=O) groups is 4. The van der Waals surface area contributed by atoms with Crippen LogP contribution in [0.2, 0.25) is 0 Å². The Morgan fingerprint density at radius 2 is 1.71 bits per heavy atom. The summed E-state index contributed by atoms with van der Waals surface area (Å²) in [5.41, 5.74) is 3.51. The maximum absolute atomic E-state index is 14.3. The summed E-state index contributed by atoms with van der Waals surface area (Å²) in [4.78, 5) is 59.2. The first-order valence-corrected chi connectivity index (χ1v) is 16.8. The van der Waals surface area contributed by atoms with Gasteiger partial charge in [0.2, 0.25) is 11.8 Å². The van der Waals surface area contributed by atoms with Crippen molar-refractivity contribution in [3.8, 4) is 11.5 Å². The predicted octanol–water partition coefficient (Wildman–Crippen LogP) is 5.59. The Hall–Kier alpha value is -3.34. The molecule has 3 aliphatic carbocycles. The van der Waals surface area contributed by atoms with Gasteiger partial charge in [0.05, 0.1) is 27.9 Å². The van der Waals surface area contributed by atoms with Gasteiger partial charge in [-0.2, -0.15) is 0 Å². The number of rotatable bonds is 5. The number of ketones is 2. The number of methoxy groups -OCH3 is 1. The molecule has 0 radical (unpaired) electrons. The molecule has 0 aromatic heterocycles. The van der Waals surface area contributed by atoms with E-state index in [9.17, 15) is 24.3 Å². The molecule has 2 aromatic rings. The predicted molar refractivity (Wildman–Crippen MR) is 174 cm³/mol. The Labute approximate surface area is 278 Å². The summed E-state index contributed by atoms with van der Waals surface area (Å²) in [6.07, 6.45) is 5.36. The second-order valence-electron chi connectivity index (χ2n) is 12.5. The Balaban J connectivity index is 1.21. The molecule has 7 rings (SSSR count). The molecule has 2 aromatic carbocycles. The van der Waals surface area contributed by atoms with Gasteiger partial charge in [-0.05, 0) is 86.7 Å². The second-order valence-corrected chi connectivity index (χ2v) is 14.2. The van der Waals surface area contributed by atoms with Crippen molar-refractivity contribution in [2.75, 3.05) is 20.2 Å². The summed E-state index contributed by atoms with van der Waals surface area (Å²) >= 11 is 6.69. The van der Waals surface area contributed by atoms with E-state index in [1.165, 1.54) is 23.6 Å². The molecule has 0 spiro atoms. The van der Waals surface area contributed by atoms with Crippen LogP contribution in [0, 0.1) is 17.8 Å². The highest BCUT2D eigenvalue weighted by Crippen LogP contribution is 2.56. The summed E-state index contributed by atoms with van der Waals surface area (Å²) < 4.78 is 6.00. The molecule has 45 heavy (non-hydrogen) atoms. The minimum atomic E-state index is -0.628. The number of ether oxygens (including phenoxy) is 1. The van der Waals surface area contributed by atoms with Crippen molar-refractivity contribution in [2.45, 2.75) is 44.2 Å². The molecular weight excluding hydrogens is 704 g/mol. The number of allylic oxidation sites excluding steroid dienone is 6. The number of piperidine rings is 1. The maximum Gasteiger partial charge on any atom is 0.233 e. The molecular formula is C35H32Br2N2O6. The smallest absolute Gasteiger partial charge is 0.233 e. The van der Waals surface area contributed by atoms with Crippen molar-refractivity contribution < 1.29 is 29.0 Å². The zero-order valence-corrected chi connectivity index (χ0v) is 27.8. The van der Waals surface area contributed by atoms with Crippen LogP contribution in [0.3, 0.4) is 0 Å². The Morgan fingerprint density at radius 3 is 2.42 bits per heavy atom. The fraction of sp³-hybridized carbons (Fsp3) is 0.371. The summed E-state index contributed by atoms with van der Waals surface area (Å²) in [6, 6.07) is 13.5. The summed E-state index contributed by atoms with van der Waals surface area (Å²) in [5, 5.41) is 10.5. The number of aromatic hydroxyl groups is 1. The summed E-state index contributed by atoms with van der Waals surface area (Å²) in [5.74, 6) is -2.84. The Morgan fingerprint density at radius 1 is 0.978 bits per heavy atom. The van der Waals surface area contributed by atoms with E-state index in [0.29, 0.717) is 27.6 Å². The standard InChI is InChI=1S/C35H32Br2N2O6/c1-45-28-14-19(13-25(36)33(28)42)29-21-7-8-22-30(23(21)15-24-31(29)27(40)16-26(37)32(24)41)35(44)39(34(22)43)20-9-11-38(12-10-20)17-18-5-3-2-4-6-18/h2-7,13-14,16,20,22-23,29-30,42H,8-12,15,17H2,1H3. The van der Waals surface area contributed by atoms with Crippen LogP contribution in [-0.4, -0.2) is 64.5 Å². The van der Waals surface area contributed by atoms with Gasteiger partial charge in [-0.15, -0.1) is 0 Å². The van der Waals surface area contributed by atoms with Crippen molar-refractivity contribution in [2.24, 2.45) is 17.8 Å². The van der Waals surface area contributed by atoms with Crippen LogP contribution in [-0.2, 0) is 25.7 Å². The van der Waals surface area contributed by atoms with Crippen molar-refractivity contribution in [1.29, 1.82) is 0 Å². The van der Waals surface area contributed by atoms with Gasteiger partial charge in [-0.3, -0.25) is 29.0 Å². The van der Waals surface area contributed by atoms with Crippen molar-refractivity contribution in [3.63, 3.8) is 0 Å². The van der Waals surface area contributed by atoms with E-state index in [4.69, 9.17) is 4.74 Å². The number of phenolic OH excluding ortho intramolecular Hbond substituents is 1. The van der Waals surface area contributed by atoms with Crippen LogP contribution >= 0.6 is 31.9 Å². The molecule has 4 unspecified atom stereocenters. The fourth-order valence-electron chi connectivity index (χ4n) is 8.06. The molecule has 0 bridgehead atoms. The highest BCUT2D eigenvalue weighted by atomic mass is 79.9. The number of carbonyl (C=O) groups excluding carboxylic acids is 4. The van der Waals surface area contributed by atoms with Crippen LogP contribution in [0.1, 0.15) is 42.7 Å². The number of halogens is 2. The van der Waals surface area contributed by atoms with Crippen LogP contribution in [0.5, 0.6) is 11.5 Å². The van der Waals surface area contributed by atoms with Gasteiger partial charge >= 0.3 is 0 Å². The van der Waals surface area contributed by atoms with Crippen LogP contribution in [0.4, 0.5) is 0 Å². The topological polar surface area (TPSA) is 104 Å². The molecule has 2 saturated heterocycles. The minimum absolute atomic E-state index is 0.0730. The van der Waals surface area contributed by atoms with Gasteiger partial charge in [-0.25, -0.2) is 0 Å². The number of Topliss-reactive ketones (excluding diaryl/α,β-unsaturated/α-hetero) is 1. The number of nitrogens with zero attached hydrogens (tertiary/aromatic N) is 2. The first-order valence-electron chi connectivity index (χ1n) is 15.3. The molecule has 2 aliphatic heterocycles. The highest BCUT2D eigenvalue weighted by Gasteiger charge is 2.57. The second kappa shape index (κ2) is 11.8. The van der Waals surface area contributed by atoms with E-state index < -0.39 is 23.7 Å². The third kappa shape index (κ3) is 5.05. The quantitative estimate of drug-likeness (QED) is 0.243. The first-order chi connectivity index (χ1) is 21.7. The van der Waals surface area contributed by atoms with Crippen molar-refractivity contribution >= 4 is 55.2 Å². The monoisotopic (exact) mass is 734 g/mol. The van der Waals surface area contributed by atoms with Gasteiger partial charge < -0.3 is 9.84 Å². The van der Waals surface area contributed by atoms with E-state index in [-0.39, 0.29) is 51.8 Å². The van der Waals surface area contributed by atoms with Crippen molar-refractivity contribution in [1.82, 2.24) is 9.80 Å². The number of phenols is 1. The zero-order chi connectivity index (χ0) is 31.6. The van der Waals surface area contributed by atoms with Crippen molar-refractivity contribution in [3.05, 3.63) is 91.4 Å². The molecule has 8 nitrogen and oxygen atoms in total. The number of benzene rings is 2. The number of imide groups is 1. The molecule has 2 fully saturated rings. The normalized spacial score (nSPS) is 27.2. The number of hydrogen-bond donors (Lipinski definition) is 1. The Bertz CT molecular complexity index is 1720. The minimum Gasteiger partial charge on any atom is -0.503 e. The van der Waals surface area contributed by atoms with Crippen LogP contribution in [0.15, 0.2) is 80.3 Å². The maximum atomic E-state index is 14.3. The van der Waals surface area contributed by atoms with Gasteiger partial charge in [0.25, 0.3) is 0 Å². The van der Waals surface area contributed by atoms with E-state index in [1.807, 2.05) is 24.3 Å². The third-order valence-corrected chi connectivity index (χ3v) is 11.3. The van der Waals surface area contributed by atoms with E-state index in [2.05, 4.69) is 48.9 Å². The van der Waals surface area contributed by atoms with Gasteiger partial charge in [0.1, 0.15) is 0 Å². The molecule has 0 saturated carbocycles. The molecule has 4 atom stereocenters. The molecule has 2 amide bonds. The number of fused-ring (bicyclic) bond motifs is 3. The summed E-state index contributed by atoms with van der Waals surface area (Å²) in [7, 11) is 1.45. The zero-order valence-electron chi connectivity index (χ0n) is 24.7. The fourth-order valence-corrected chi connectivity index (χ4v) is 8.97. The third-order valence-electron chi connectivity index (χ3n) is 10.1. The largest absolute Gasteiger partial charge is 0.503 e. The van der Waals surface area contributed by atoms with Crippen LogP contribution in [0.25, 0.3) is 0 Å². The first kappa shape index (κ1) is 30.3. The average Bonchev–Trinajstić information content (AvgIpc) is 3.30. The van der Waals surface area contributed by atoms with E-state index >= 15 is 0 Å². The Kier molecular flexibility index (Phi) is 7.94. The molecule has 232 valence electrons. The highest BCUT2D eigenvalue weighted by molar-refractivity contribution is 9.12. The SMILES string of the molecule is COc1cc(C2C3=CCC4C(=O)N(C5CCN(Cc6ccccc6)CC5)C(=O)C4C3CC3=C2C(=O)C=C(Br)C3=O)cc(Br)c1O.